The summed E-state index contributed by atoms with van der Waals surface area (Å²) in [6.45, 7) is 10.6. The number of aromatic hydroxyl groups is 2. The zero-order valence-corrected chi connectivity index (χ0v) is 30.1. The van der Waals surface area contributed by atoms with E-state index in [1.165, 1.54) is 49.7 Å². The SMILES string of the molecule is Cc1cc(Cc2cc(C)cc(C3(C)CCCCC3)c2O)c(O)c(C2(C)CCCCC2)c1.O=O.[C-]#CC#CC.[C-]#CC#CC(=O)O.[HH].[HH].[HH].[HH].[HH].[Zr+2]. The maximum atomic E-state index is 11.3. The van der Waals surface area contributed by atoms with Crippen LogP contribution in [0.1, 0.15) is 125 Å². The molecular formula is C39H54O6Zr. The summed E-state index contributed by atoms with van der Waals surface area (Å²) in [4.78, 5) is 23.5. The second kappa shape index (κ2) is 21.1. The van der Waals surface area contributed by atoms with Gasteiger partial charge in [-0.25, -0.2) is 16.6 Å². The van der Waals surface area contributed by atoms with Crippen LogP contribution in [-0.2, 0) is 48.2 Å². The molecule has 2 fully saturated rings. The number of aryl methyl sites for hydroxylation is 2. The topological polar surface area (TPSA) is 112 Å². The molecule has 2 aliphatic carbocycles. The van der Waals surface area contributed by atoms with E-state index in [9.17, 15) is 15.0 Å². The standard InChI is InChI=1S/C29H40O2.C5HO2.C5H3.O2.Zr.5H2/c1-20-15-22(26(30)24(17-20)28(3)11-7-5-8-12-28)19-23-16-21(2)18-25(27(23)31)29(4)13-9-6-10-14-29;1-2-3-4-5(6)7;1-3-5-4-2;1-2;;;;;;/h15-18,30-31H,5-14,19H2,1-4H3;(H,6,7);1H3;;;5*1H/q;2*-1;;+2;;;;;. The average molecular weight is 710 g/mol. The second-order valence-corrected chi connectivity index (χ2v) is 12.2. The van der Waals surface area contributed by atoms with Gasteiger partial charge in [-0.3, -0.25) is 17.8 Å². The molecule has 0 saturated heterocycles. The fourth-order valence-corrected chi connectivity index (χ4v) is 6.45. The molecule has 2 aliphatic rings. The van der Waals surface area contributed by atoms with Crippen LogP contribution in [0.4, 0.5) is 0 Å². The van der Waals surface area contributed by atoms with Crippen molar-refractivity contribution in [1.82, 2.24) is 0 Å². The number of benzene rings is 2. The second-order valence-electron chi connectivity index (χ2n) is 12.2. The third-order valence-electron chi connectivity index (χ3n) is 8.68. The van der Waals surface area contributed by atoms with Gasteiger partial charge in [-0.15, -0.1) is 0 Å². The van der Waals surface area contributed by atoms with Crippen LogP contribution in [-0.4, -0.2) is 21.3 Å². The van der Waals surface area contributed by atoms with Crippen molar-refractivity contribution in [3.05, 3.63) is 80.4 Å². The minimum atomic E-state index is -1.24. The largest absolute Gasteiger partial charge is 2.00 e. The zero-order valence-electron chi connectivity index (χ0n) is 27.7. The van der Waals surface area contributed by atoms with Crippen molar-refractivity contribution in [2.75, 3.05) is 0 Å². The van der Waals surface area contributed by atoms with Gasteiger partial charge in [0.25, 0.3) is 0 Å². The molecule has 4 rings (SSSR count). The van der Waals surface area contributed by atoms with Gasteiger partial charge in [0.15, 0.2) is 0 Å². The molecule has 0 aliphatic heterocycles. The Morgan fingerprint density at radius 2 is 1.13 bits per heavy atom. The van der Waals surface area contributed by atoms with Gasteiger partial charge < -0.3 is 28.2 Å². The van der Waals surface area contributed by atoms with Gasteiger partial charge in [0.05, 0.1) is 0 Å². The molecule has 0 amide bonds. The van der Waals surface area contributed by atoms with Gasteiger partial charge in [-0.05, 0) is 68.4 Å². The molecule has 6 nitrogen and oxygen atoms in total. The number of phenols is 2. The third-order valence-corrected chi connectivity index (χ3v) is 8.68. The van der Waals surface area contributed by atoms with Gasteiger partial charge in [-0.1, -0.05) is 93.7 Å². The molecule has 2 aromatic rings. The summed E-state index contributed by atoms with van der Waals surface area (Å²) < 4.78 is 0. The first-order valence-corrected chi connectivity index (χ1v) is 15.2. The van der Waals surface area contributed by atoms with Crippen LogP contribution in [0.15, 0.2) is 24.3 Å². The number of carboxylic acids is 1. The van der Waals surface area contributed by atoms with Crippen LogP contribution in [0, 0.1) is 72.1 Å². The fraction of sp³-hybridized carbons (Fsp3) is 0.462. The van der Waals surface area contributed by atoms with Crippen LogP contribution in [0.25, 0.3) is 0 Å². The molecule has 7 heteroatoms. The molecule has 0 unspecified atom stereocenters. The van der Waals surface area contributed by atoms with E-state index in [1.807, 2.05) is 11.8 Å². The first kappa shape index (κ1) is 42.2. The molecule has 0 aromatic heterocycles. The van der Waals surface area contributed by atoms with E-state index in [1.54, 1.807) is 18.8 Å². The summed E-state index contributed by atoms with van der Waals surface area (Å²) in [6.07, 6.45) is 25.0. The minimum absolute atomic E-state index is 0. The first-order chi connectivity index (χ1) is 21.4. The molecule has 2 saturated carbocycles. The van der Waals surface area contributed by atoms with E-state index in [0.717, 1.165) is 47.9 Å². The Hall–Kier alpha value is -3.77. The Bertz CT molecular complexity index is 1450. The molecule has 0 bridgehead atoms. The summed E-state index contributed by atoms with van der Waals surface area (Å²) in [5, 5.41) is 30.4. The minimum Gasteiger partial charge on any atom is -0.507 e. The van der Waals surface area contributed by atoms with Crippen LogP contribution in [0.2, 0.25) is 0 Å². The molecule has 0 atom stereocenters. The predicted octanol–water partition coefficient (Wildman–Crippen LogP) is 9.31. The van der Waals surface area contributed by atoms with E-state index in [2.05, 4.69) is 63.8 Å². The van der Waals surface area contributed by atoms with Gasteiger partial charge in [-0.2, -0.15) is 0 Å². The number of carbonyl (C=O) groups is 1. The Morgan fingerprint density at radius 3 is 1.39 bits per heavy atom. The van der Waals surface area contributed by atoms with E-state index in [-0.39, 0.29) is 44.2 Å². The summed E-state index contributed by atoms with van der Waals surface area (Å²) >= 11 is 0. The van der Waals surface area contributed by atoms with E-state index >= 15 is 0 Å². The monoisotopic (exact) mass is 708 g/mol. The molecule has 46 heavy (non-hydrogen) atoms. The number of rotatable bonds is 4. The van der Waals surface area contributed by atoms with Crippen molar-refractivity contribution in [2.24, 2.45) is 0 Å². The maximum absolute atomic E-state index is 11.3. The summed E-state index contributed by atoms with van der Waals surface area (Å²) in [6, 6.07) is 8.59. The van der Waals surface area contributed by atoms with E-state index < -0.39 is 5.97 Å². The van der Waals surface area contributed by atoms with Crippen LogP contribution in [0.5, 0.6) is 11.5 Å². The van der Waals surface area contributed by atoms with E-state index in [0.29, 0.717) is 17.9 Å². The molecule has 0 spiro atoms. The molecule has 0 heterocycles. The number of hydrogen-bond donors (Lipinski definition) is 3. The quantitative estimate of drug-likeness (QED) is 0.216. The molecule has 0 radical (unpaired) electrons. The molecule has 250 valence electrons. The number of hydrogen-bond acceptors (Lipinski definition) is 5. The Labute approximate surface area is 301 Å². The predicted molar refractivity (Wildman–Crippen MR) is 190 cm³/mol. The first-order valence-electron chi connectivity index (χ1n) is 15.2. The van der Waals surface area contributed by atoms with Crippen LogP contribution < -0.4 is 0 Å². The van der Waals surface area contributed by atoms with Crippen molar-refractivity contribution in [3.63, 3.8) is 0 Å². The Morgan fingerprint density at radius 1 is 0.761 bits per heavy atom. The van der Waals surface area contributed by atoms with Crippen molar-refractivity contribution < 1.29 is 53.5 Å². The van der Waals surface area contributed by atoms with Crippen LogP contribution >= 0.6 is 0 Å². The Balaban J connectivity index is -0.000000219. The summed E-state index contributed by atoms with van der Waals surface area (Å²) in [5.41, 5.74) is 6.60. The summed E-state index contributed by atoms with van der Waals surface area (Å²) in [7, 11) is 0. The zero-order chi connectivity index (χ0) is 34.0. The average Bonchev–Trinajstić information content (AvgIpc) is 3.02. The smallest absolute Gasteiger partial charge is 0.507 e. The normalized spacial score (nSPS) is 15.0. The fourth-order valence-electron chi connectivity index (χ4n) is 6.45. The van der Waals surface area contributed by atoms with Gasteiger partial charge in [0.2, 0.25) is 0 Å². The maximum Gasteiger partial charge on any atom is 2.00 e. The van der Waals surface area contributed by atoms with Crippen molar-refractivity contribution in [2.45, 2.75) is 116 Å². The number of carboxylic acid groups (broad SMARTS) is 1. The van der Waals surface area contributed by atoms with Gasteiger partial charge in [0.1, 0.15) is 11.5 Å². The van der Waals surface area contributed by atoms with Crippen molar-refractivity contribution in [1.29, 1.82) is 0 Å². The van der Waals surface area contributed by atoms with Crippen molar-refractivity contribution in [3.8, 4) is 47.0 Å². The van der Waals surface area contributed by atoms with Gasteiger partial charge >= 0.3 is 32.2 Å². The van der Waals surface area contributed by atoms with Crippen LogP contribution in [0.3, 0.4) is 0 Å². The van der Waals surface area contributed by atoms with Crippen molar-refractivity contribution >= 4 is 5.97 Å². The molecule has 2 aromatic carbocycles. The van der Waals surface area contributed by atoms with Gasteiger partial charge in [0, 0.05) is 34.6 Å². The van der Waals surface area contributed by atoms with E-state index in [4.69, 9.17) is 27.9 Å². The summed E-state index contributed by atoms with van der Waals surface area (Å²) in [5.74, 6) is 11.4. The Kier molecular flexibility index (Phi) is 19.4. The number of aliphatic carboxylic acids is 1. The molecular weight excluding hydrogens is 656 g/mol. The number of phenolic OH excluding ortho intramolecular Hbond substituents is 2. The third kappa shape index (κ3) is 12.6. The molecule has 3 N–H and O–H groups in total.